The molecule has 1 aliphatic carbocycles. The molecule has 0 aliphatic heterocycles. The maximum absolute atomic E-state index is 6.44. The van der Waals surface area contributed by atoms with E-state index in [9.17, 15) is 0 Å². The first-order valence-corrected chi connectivity index (χ1v) is 7.18. The summed E-state index contributed by atoms with van der Waals surface area (Å²) in [6.07, 6.45) is 4.98. The van der Waals surface area contributed by atoms with Crippen LogP contribution in [0.25, 0.3) is 11.1 Å². The highest BCUT2D eigenvalue weighted by Crippen LogP contribution is 2.40. The van der Waals surface area contributed by atoms with Gasteiger partial charge in [-0.05, 0) is 37.8 Å². The van der Waals surface area contributed by atoms with Gasteiger partial charge in [0.2, 0.25) is 0 Å². The third-order valence-electron chi connectivity index (χ3n) is 4.03. The standard InChI is InChI=1S/C15H18ClNO2/c1-18-15(7-4-8-15)10-11(16)9-14-17-12-5-2-3-6-13(12)19-14/h2-3,5-6,11H,4,7-10H2,1H3. The lowest BCUT2D eigenvalue weighted by Crippen LogP contribution is -2.41. The number of nitrogens with zero attached hydrogens (tertiary/aromatic N) is 1. The van der Waals surface area contributed by atoms with Gasteiger partial charge in [0.1, 0.15) is 5.52 Å². The number of halogens is 1. The smallest absolute Gasteiger partial charge is 0.196 e. The number of oxazole rings is 1. The Morgan fingerprint density at radius 3 is 2.84 bits per heavy atom. The predicted octanol–water partition coefficient (Wildman–Crippen LogP) is 3.94. The van der Waals surface area contributed by atoms with E-state index in [1.165, 1.54) is 6.42 Å². The van der Waals surface area contributed by atoms with Gasteiger partial charge < -0.3 is 9.15 Å². The second kappa shape index (κ2) is 5.14. The van der Waals surface area contributed by atoms with Crippen molar-refractivity contribution in [2.24, 2.45) is 0 Å². The van der Waals surface area contributed by atoms with Crippen molar-refractivity contribution in [3.8, 4) is 0 Å². The van der Waals surface area contributed by atoms with Crippen molar-refractivity contribution in [2.45, 2.75) is 43.1 Å². The summed E-state index contributed by atoms with van der Waals surface area (Å²) in [5.41, 5.74) is 1.72. The quantitative estimate of drug-likeness (QED) is 0.778. The highest BCUT2D eigenvalue weighted by molar-refractivity contribution is 6.20. The number of para-hydroxylation sites is 2. The summed E-state index contributed by atoms with van der Waals surface area (Å²) in [5, 5.41) is 0.00770. The number of fused-ring (bicyclic) bond motifs is 1. The van der Waals surface area contributed by atoms with Crippen LogP contribution in [0.1, 0.15) is 31.6 Å². The Hall–Kier alpha value is -1.06. The van der Waals surface area contributed by atoms with Gasteiger partial charge in [-0.3, -0.25) is 0 Å². The van der Waals surface area contributed by atoms with Crippen LogP contribution in [-0.4, -0.2) is 23.1 Å². The van der Waals surface area contributed by atoms with Gasteiger partial charge in [0.25, 0.3) is 0 Å². The van der Waals surface area contributed by atoms with E-state index in [0.717, 1.165) is 30.4 Å². The number of aromatic nitrogens is 1. The van der Waals surface area contributed by atoms with E-state index < -0.39 is 0 Å². The predicted molar refractivity (Wildman–Crippen MR) is 75.6 cm³/mol. The van der Waals surface area contributed by atoms with Crippen LogP contribution < -0.4 is 0 Å². The molecular formula is C15H18ClNO2. The molecule has 1 saturated carbocycles. The van der Waals surface area contributed by atoms with Crippen molar-refractivity contribution in [2.75, 3.05) is 7.11 Å². The van der Waals surface area contributed by atoms with E-state index in [4.69, 9.17) is 20.8 Å². The van der Waals surface area contributed by atoms with Gasteiger partial charge in [-0.25, -0.2) is 4.98 Å². The second-order valence-corrected chi connectivity index (χ2v) is 5.94. The molecule has 19 heavy (non-hydrogen) atoms. The Bertz CT molecular complexity index is 524. The number of rotatable bonds is 5. The molecule has 0 spiro atoms. The first-order chi connectivity index (χ1) is 9.21. The minimum Gasteiger partial charge on any atom is -0.441 e. The zero-order valence-electron chi connectivity index (χ0n) is 11.1. The van der Waals surface area contributed by atoms with Crippen LogP contribution in [0, 0.1) is 0 Å². The third-order valence-corrected chi connectivity index (χ3v) is 4.33. The molecule has 1 heterocycles. The molecule has 0 bridgehead atoms. The van der Waals surface area contributed by atoms with E-state index in [1.54, 1.807) is 7.11 Å². The maximum Gasteiger partial charge on any atom is 0.196 e. The van der Waals surface area contributed by atoms with E-state index in [0.29, 0.717) is 12.3 Å². The zero-order valence-corrected chi connectivity index (χ0v) is 11.8. The molecule has 1 aromatic carbocycles. The zero-order chi connectivity index (χ0) is 13.3. The number of alkyl halides is 1. The number of benzene rings is 1. The fraction of sp³-hybridized carbons (Fsp3) is 0.533. The van der Waals surface area contributed by atoms with Crippen LogP contribution in [0.2, 0.25) is 0 Å². The number of hydrogen-bond donors (Lipinski definition) is 0. The van der Waals surface area contributed by atoms with Crippen LogP contribution in [-0.2, 0) is 11.2 Å². The fourth-order valence-corrected chi connectivity index (χ4v) is 3.15. The molecular weight excluding hydrogens is 262 g/mol. The Balaban J connectivity index is 1.67. The Morgan fingerprint density at radius 2 is 2.21 bits per heavy atom. The first-order valence-electron chi connectivity index (χ1n) is 6.74. The molecule has 0 N–H and O–H groups in total. The molecule has 0 saturated heterocycles. The molecule has 1 unspecified atom stereocenters. The van der Waals surface area contributed by atoms with Gasteiger partial charge >= 0.3 is 0 Å². The highest BCUT2D eigenvalue weighted by Gasteiger charge is 2.38. The minimum atomic E-state index is -0.00156. The van der Waals surface area contributed by atoms with E-state index in [-0.39, 0.29) is 11.0 Å². The van der Waals surface area contributed by atoms with Crippen molar-refractivity contribution < 1.29 is 9.15 Å². The van der Waals surface area contributed by atoms with Gasteiger partial charge in [-0.15, -0.1) is 11.6 Å². The molecule has 1 aromatic heterocycles. The molecule has 4 heteroatoms. The normalized spacial score (nSPS) is 19.3. The molecule has 102 valence electrons. The van der Waals surface area contributed by atoms with E-state index >= 15 is 0 Å². The van der Waals surface area contributed by atoms with Gasteiger partial charge in [-0.1, -0.05) is 12.1 Å². The minimum absolute atomic E-state index is 0.00156. The summed E-state index contributed by atoms with van der Waals surface area (Å²) in [6, 6.07) is 7.79. The van der Waals surface area contributed by atoms with Gasteiger partial charge in [-0.2, -0.15) is 0 Å². The third kappa shape index (κ3) is 2.63. The van der Waals surface area contributed by atoms with Crippen LogP contribution in [0.5, 0.6) is 0 Å². The summed E-state index contributed by atoms with van der Waals surface area (Å²) in [5.74, 6) is 0.715. The summed E-state index contributed by atoms with van der Waals surface area (Å²) in [6.45, 7) is 0. The van der Waals surface area contributed by atoms with Crippen LogP contribution in [0.3, 0.4) is 0 Å². The number of hydrogen-bond acceptors (Lipinski definition) is 3. The van der Waals surface area contributed by atoms with Crippen molar-refractivity contribution in [3.63, 3.8) is 0 Å². The number of ether oxygens (including phenoxy) is 1. The van der Waals surface area contributed by atoms with Crippen molar-refractivity contribution in [1.82, 2.24) is 4.98 Å². The molecule has 3 rings (SSSR count). The van der Waals surface area contributed by atoms with E-state index in [2.05, 4.69) is 4.98 Å². The summed E-state index contributed by atoms with van der Waals surface area (Å²) in [4.78, 5) is 4.46. The van der Waals surface area contributed by atoms with E-state index in [1.807, 2.05) is 24.3 Å². The molecule has 1 aliphatic rings. The van der Waals surface area contributed by atoms with Crippen LogP contribution in [0.4, 0.5) is 0 Å². The maximum atomic E-state index is 6.44. The molecule has 1 atom stereocenters. The molecule has 2 aromatic rings. The average Bonchev–Trinajstić information content (AvgIpc) is 2.75. The monoisotopic (exact) mass is 279 g/mol. The molecule has 1 fully saturated rings. The number of methoxy groups -OCH3 is 1. The Morgan fingerprint density at radius 1 is 1.42 bits per heavy atom. The van der Waals surface area contributed by atoms with Gasteiger partial charge in [0.05, 0.1) is 5.60 Å². The Kier molecular flexibility index (Phi) is 3.50. The Labute approximate surface area is 117 Å². The van der Waals surface area contributed by atoms with Gasteiger partial charge in [0.15, 0.2) is 11.5 Å². The average molecular weight is 280 g/mol. The topological polar surface area (TPSA) is 35.3 Å². The summed E-state index contributed by atoms with van der Waals surface area (Å²) < 4.78 is 11.3. The van der Waals surface area contributed by atoms with Crippen molar-refractivity contribution >= 4 is 22.7 Å². The lowest BCUT2D eigenvalue weighted by Gasteiger charge is -2.41. The highest BCUT2D eigenvalue weighted by atomic mass is 35.5. The second-order valence-electron chi connectivity index (χ2n) is 5.32. The SMILES string of the molecule is COC1(CC(Cl)Cc2nc3ccccc3o2)CCC1. The van der Waals surface area contributed by atoms with Crippen LogP contribution >= 0.6 is 11.6 Å². The van der Waals surface area contributed by atoms with Gasteiger partial charge in [0, 0.05) is 18.9 Å². The lowest BCUT2D eigenvalue weighted by atomic mass is 9.76. The van der Waals surface area contributed by atoms with Crippen LogP contribution in [0.15, 0.2) is 28.7 Å². The van der Waals surface area contributed by atoms with Crippen molar-refractivity contribution in [1.29, 1.82) is 0 Å². The molecule has 0 amide bonds. The molecule has 3 nitrogen and oxygen atoms in total. The fourth-order valence-electron chi connectivity index (χ4n) is 2.74. The summed E-state index contributed by atoms with van der Waals surface area (Å²) >= 11 is 6.44. The molecule has 0 radical (unpaired) electrons. The lowest BCUT2D eigenvalue weighted by molar-refractivity contribution is -0.0779. The largest absolute Gasteiger partial charge is 0.441 e. The first kappa shape index (κ1) is 12.9. The summed E-state index contributed by atoms with van der Waals surface area (Å²) in [7, 11) is 1.78. The van der Waals surface area contributed by atoms with Crippen molar-refractivity contribution in [3.05, 3.63) is 30.2 Å².